The first kappa shape index (κ1) is 11.5. The maximum atomic E-state index is 11.4. The Balaban J connectivity index is 3.04. The van der Waals surface area contributed by atoms with Crippen LogP contribution in [0.5, 0.6) is 0 Å². The van der Waals surface area contributed by atoms with E-state index in [1.165, 1.54) is 12.1 Å². The number of ether oxygens (including phenoxy) is 1. The maximum Gasteiger partial charge on any atom is 0.339 e. The monoisotopic (exact) mass is 227 g/mol. The fourth-order valence-corrected chi connectivity index (χ4v) is 1.20. The average Bonchev–Trinajstić information content (AvgIpc) is 2.21. The standard InChI is InChI=1S/C9H10ClN3O2/c1-2-15-9(14)7-5-6(12-13-11)3-4-8(7)10/h3-5H,2H2,1H3,(H2,11,12). The number of carbonyl (C=O) groups excluding carboxylic acids is 1. The van der Waals surface area contributed by atoms with Crippen molar-refractivity contribution < 1.29 is 9.53 Å². The van der Waals surface area contributed by atoms with Gasteiger partial charge in [-0.15, -0.1) is 5.11 Å². The van der Waals surface area contributed by atoms with E-state index in [4.69, 9.17) is 22.2 Å². The van der Waals surface area contributed by atoms with Crippen molar-refractivity contribution in [2.24, 2.45) is 16.2 Å². The van der Waals surface area contributed by atoms with Crippen LogP contribution in [0.2, 0.25) is 5.02 Å². The fourth-order valence-electron chi connectivity index (χ4n) is 1.01. The molecule has 0 fully saturated rings. The Morgan fingerprint density at radius 2 is 2.33 bits per heavy atom. The highest BCUT2D eigenvalue weighted by Crippen LogP contribution is 2.23. The van der Waals surface area contributed by atoms with Gasteiger partial charge in [0.05, 0.1) is 22.9 Å². The molecule has 0 aliphatic rings. The number of rotatable bonds is 3. The molecule has 0 saturated carbocycles. The number of carbonyl (C=O) groups is 1. The molecule has 2 N–H and O–H groups in total. The van der Waals surface area contributed by atoms with Crippen molar-refractivity contribution in [2.45, 2.75) is 6.92 Å². The van der Waals surface area contributed by atoms with Crippen molar-refractivity contribution in [2.75, 3.05) is 6.61 Å². The van der Waals surface area contributed by atoms with E-state index >= 15 is 0 Å². The highest BCUT2D eigenvalue weighted by molar-refractivity contribution is 6.33. The summed E-state index contributed by atoms with van der Waals surface area (Å²) in [6.45, 7) is 2.01. The molecule has 0 heterocycles. The summed E-state index contributed by atoms with van der Waals surface area (Å²) in [6, 6.07) is 4.61. The molecule has 1 rings (SSSR count). The van der Waals surface area contributed by atoms with E-state index in [0.29, 0.717) is 10.7 Å². The SMILES string of the molecule is CCOC(=O)c1cc(N=NN)ccc1Cl. The fraction of sp³-hybridized carbons (Fsp3) is 0.222. The number of benzene rings is 1. The molecule has 0 bridgehead atoms. The van der Waals surface area contributed by atoms with Crippen LogP contribution in [-0.2, 0) is 4.74 Å². The molecule has 6 heteroatoms. The van der Waals surface area contributed by atoms with E-state index in [1.807, 2.05) is 0 Å². The van der Waals surface area contributed by atoms with Crippen LogP contribution >= 0.6 is 11.6 Å². The van der Waals surface area contributed by atoms with E-state index < -0.39 is 5.97 Å². The van der Waals surface area contributed by atoms with Crippen molar-refractivity contribution in [3.05, 3.63) is 28.8 Å². The Labute approximate surface area is 91.9 Å². The van der Waals surface area contributed by atoms with Crippen LogP contribution in [-0.4, -0.2) is 12.6 Å². The summed E-state index contributed by atoms with van der Waals surface area (Å²) in [7, 11) is 0. The molecule has 15 heavy (non-hydrogen) atoms. The van der Waals surface area contributed by atoms with E-state index in [-0.39, 0.29) is 12.2 Å². The third-order valence-electron chi connectivity index (χ3n) is 1.62. The van der Waals surface area contributed by atoms with E-state index in [2.05, 4.69) is 10.3 Å². The lowest BCUT2D eigenvalue weighted by atomic mass is 10.2. The van der Waals surface area contributed by atoms with E-state index in [9.17, 15) is 4.79 Å². The van der Waals surface area contributed by atoms with Crippen LogP contribution in [0.15, 0.2) is 28.5 Å². The highest BCUT2D eigenvalue weighted by atomic mass is 35.5. The van der Waals surface area contributed by atoms with Crippen LogP contribution < -0.4 is 5.84 Å². The molecule has 1 aromatic carbocycles. The largest absolute Gasteiger partial charge is 0.462 e. The van der Waals surface area contributed by atoms with Gasteiger partial charge in [0.15, 0.2) is 0 Å². The second-order valence-corrected chi connectivity index (χ2v) is 3.01. The second-order valence-electron chi connectivity index (χ2n) is 2.60. The van der Waals surface area contributed by atoms with Gasteiger partial charge in [-0.2, -0.15) is 0 Å². The Bertz CT molecular complexity index is 393. The summed E-state index contributed by atoms with van der Waals surface area (Å²) >= 11 is 5.82. The first-order chi connectivity index (χ1) is 7.19. The smallest absolute Gasteiger partial charge is 0.339 e. The lowest BCUT2D eigenvalue weighted by Gasteiger charge is -2.04. The predicted octanol–water partition coefficient (Wildman–Crippen LogP) is 2.47. The molecule has 0 aliphatic heterocycles. The van der Waals surface area contributed by atoms with E-state index in [1.54, 1.807) is 13.0 Å². The van der Waals surface area contributed by atoms with E-state index in [0.717, 1.165) is 0 Å². The topological polar surface area (TPSA) is 77.0 Å². The van der Waals surface area contributed by atoms with Crippen LogP contribution in [0, 0.1) is 0 Å². The number of hydrogen-bond donors (Lipinski definition) is 1. The molecule has 1 aromatic rings. The molecular weight excluding hydrogens is 218 g/mol. The Hall–Kier alpha value is -1.62. The van der Waals surface area contributed by atoms with Gasteiger partial charge in [-0.25, -0.2) is 4.79 Å². The third-order valence-corrected chi connectivity index (χ3v) is 1.95. The zero-order valence-corrected chi connectivity index (χ0v) is 8.86. The number of halogens is 1. The molecule has 5 nitrogen and oxygen atoms in total. The Morgan fingerprint density at radius 1 is 1.60 bits per heavy atom. The van der Waals surface area contributed by atoms with Gasteiger partial charge in [-0.3, -0.25) is 0 Å². The molecule has 80 valence electrons. The molecule has 0 aromatic heterocycles. The Morgan fingerprint density at radius 3 is 2.93 bits per heavy atom. The summed E-state index contributed by atoms with van der Waals surface area (Å²) in [5.41, 5.74) is 0.702. The van der Waals surface area contributed by atoms with Crippen LogP contribution in [0.4, 0.5) is 5.69 Å². The molecule has 0 spiro atoms. The van der Waals surface area contributed by atoms with Crippen LogP contribution in [0.3, 0.4) is 0 Å². The lowest BCUT2D eigenvalue weighted by molar-refractivity contribution is 0.0526. The molecule has 0 atom stereocenters. The zero-order chi connectivity index (χ0) is 11.3. The number of esters is 1. The van der Waals surface area contributed by atoms with Crippen molar-refractivity contribution in [1.29, 1.82) is 0 Å². The number of nitrogens with two attached hydrogens (primary N) is 1. The van der Waals surface area contributed by atoms with Gasteiger partial charge < -0.3 is 10.6 Å². The molecule has 0 radical (unpaired) electrons. The van der Waals surface area contributed by atoms with Crippen molar-refractivity contribution in [3.63, 3.8) is 0 Å². The second kappa shape index (κ2) is 5.31. The first-order valence-electron chi connectivity index (χ1n) is 4.26. The quantitative estimate of drug-likeness (QED) is 0.373. The molecule has 0 saturated heterocycles. The van der Waals surface area contributed by atoms with Gasteiger partial charge in [0.2, 0.25) is 0 Å². The zero-order valence-electron chi connectivity index (χ0n) is 8.11. The van der Waals surface area contributed by atoms with Gasteiger partial charge >= 0.3 is 5.97 Å². The molecule has 0 aliphatic carbocycles. The summed E-state index contributed by atoms with van der Waals surface area (Å²) in [4.78, 5) is 11.4. The molecular formula is C9H10ClN3O2. The molecule has 0 unspecified atom stereocenters. The summed E-state index contributed by atoms with van der Waals surface area (Å²) in [5.74, 6) is 4.40. The lowest BCUT2D eigenvalue weighted by Crippen LogP contribution is -2.04. The normalized spacial score (nSPS) is 10.5. The minimum absolute atomic E-state index is 0.253. The summed E-state index contributed by atoms with van der Waals surface area (Å²) < 4.78 is 4.81. The van der Waals surface area contributed by atoms with Gasteiger partial charge in [0.25, 0.3) is 0 Å². The first-order valence-corrected chi connectivity index (χ1v) is 4.64. The van der Waals surface area contributed by atoms with Gasteiger partial charge in [-0.1, -0.05) is 16.8 Å². The highest BCUT2D eigenvalue weighted by Gasteiger charge is 2.11. The molecule has 0 amide bonds. The number of nitrogens with zero attached hydrogens (tertiary/aromatic N) is 2. The minimum Gasteiger partial charge on any atom is -0.462 e. The van der Waals surface area contributed by atoms with Crippen LogP contribution in [0.1, 0.15) is 17.3 Å². The summed E-state index contributed by atoms with van der Waals surface area (Å²) in [6.07, 6.45) is 0. The van der Waals surface area contributed by atoms with Crippen molar-refractivity contribution >= 4 is 23.3 Å². The van der Waals surface area contributed by atoms with Crippen molar-refractivity contribution in [1.82, 2.24) is 0 Å². The van der Waals surface area contributed by atoms with Crippen molar-refractivity contribution in [3.8, 4) is 0 Å². The van der Waals surface area contributed by atoms with Gasteiger partial charge in [-0.05, 0) is 25.1 Å². The van der Waals surface area contributed by atoms with Gasteiger partial charge in [0, 0.05) is 0 Å². The minimum atomic E-state index is -0.489. The number of hydrogen-bond acceptors (Lipinski definition) is 4. The predicted molar refractivity (Wildman–Crippen MR) is 56.1 cm³/mol. The summed E-state index contributed by atoms with van der Waals surface area (Å²) in [5, 5.41) is 7.01. The third kappa shape index (κ3) is 2.92. The van der Waals surface area contributed by atoms with Gasteiger partial charge in [0.1, 0.15) is 0 Å². The van der Waals surface area contributed by atoms with Crippen LogP contribution in [0.25, 0.3) is 0 Å². The average molecular weight is 228 g/mol. The maximum absolute atomic E-state index is 11.4. The Kier molecular flexibility index (Phi) is 4.05.